The maximum absolute atomic E-state index is 11.1. The fraction of sp³-hybridized carbons (Fsp3) is 0.231. The molecule has 1 aromatic carbocycles. The predicted molar refractivity (Wildman–Crippen MR) is 82.8 cm³/mol. The van der Waals surface area contributed by atoms with Crippen LogP contribution in [0.15, 0.2) is 40.6 Å². The van der Waals surface area contributed by atoms with Gasteiger partial charge in [-0.15, -0.1) is 0 Å². The molecule has 0 amide bonds. The van der Waals surface area contributed by atoms with Crippen molar-refractivity contribution in [2.75, 3.05) is 6.54 Å². The van der Waals surface area contributed by atoms with Crippen molar-refractivity contribution < 1.29 is 9.84 Å². The summed E-state index contributed by atoms with van der Waals surface area (Å²) in [5.74, 6) is 1.06. The predicted octanol–water partition coefficient (Wildman–Crippen LogP) is 2.18. The maximum Gasteiger partial charge on any atom is 0.131 e. The minimum absolute atomic E-state index is 0.315. The Labute approximate surface area is 128 Å². The van der Waals surface area contributed by atoms with E-state index in [4.69, 9.17) is 10.1 Å². The molecule has 0 aromatic heterocycles. The molecule has 1 aromatic rings. The molecule has 2 heterocycles. The molecular weight excluding hydrogens is 375 g/mol. The number of benzene rings is 1. The third-order valence-electron chi connectivity index (χ3n) is 2.95. The van der Waals surface area contributed by atoms with E-state index in [0.29, 0.717) is 13.0 Å². The van der Waals surface area contributed by atoms with Crippen LogP contribution in [-0.4, -0.2) is 22.7 Å². The number of thioether (sulfide) groups is 1. The molecule has 0 saturated carbocycles. The number of ether oxygens (including phenoxy) is 1. The van der Waals surface area contributed by atoms with Gasteiger partial charge in [-0.1, -0.05) is 11.8 Å². The lowest BCUT2D eigenvalue weighted by Crippen LogP contribution is -2.27. The number of aliphatic imine (C=N–C) groups is 1. The lowest BCUT2D eigenvalue weighted by molar-refractivity contribution is -0.219. The van der Waals surface area contributed by atoms with Crippen molar-refractivity contribution in [2.45, 2.75) is 11.7 Å². The summed E-state index contributed by atoms with van der Waals surface area (Å²) < 4.78 is 7.00. The first-order valence-corrected chi connectivity index (χ1v) is 7.71. The molecule has 98 valence electrons. The molecule has 0 aliphatic carbocycles. The number of nitrogens with one attached hydrogen (secondary N) is 1. The summed E-state index contributed by atoms with van der Waals surface area (Å²) in [5.41, 5.74) is 0.995. The Morgan fingerprint density at radius 1 is 1.42 bits per heavy atom. The molecule has 0 bridgehead atoms. The van der Waals surface area contributed by atoms with Crippen LogP contribution in [-0.2, 0) is 0 Å². The Morgan fingerprint density at radius 3 is 2.84 bits per heavy atom. The molecule has 19 heavy (non-hydrogen) atoms. The van der Waals surface area contributed by atoms with E-state index < -0.39 is 5.90 Å². The van der Waals surface area contributed by atoms with Crippen molar-refractivity contribution >= 4 is 45.3 Å². The average molecular weight is 385 g/mol. The molecule has 1 atom stereocenters. The lowest BCUT2D eigenvalue weighted by Gasteiger charge is -2.13. The first-order chi connectivity index (χ1) is 9.13. The van der Waals surface area contributed by atoms with Crippen molar-refractivity contribution in [1.29, 1.82) is 5.41 Å². The van der Waals surface area contributed by atoms with E-state index >= 15 is 0 Å². The second-order valence-corrected chi connectivity index (χ2v) is 6.69. The van der Waals surface area contributed by atoms with Crippen molar-refractivity contribution in [3.05, 3.63) is 39.2 Å². The topological polar surface area (TPSA) is 68.5 Å². The van der Waals surface area contributed by atoms with Gasteiger partial charge in [0.25, 0.3) is 0 Å². The third kappa shape index (κ3) is 2.64. The molecule has 2 aliphatic heterocycles. The zero-order chi connectivity index (χ0) is 13.4. The van der Waals surface area contributed by atoms with Crippen molar-refractivity contribution in [3.8, 4) is 5.75 Å². The van der Waals surface area contributed by atoms with Gasteiger partial charge < -0.3 is 15.3 Å². The van der Waals surface area contributed by atoms with Crippen LogP contribution in [0.5, 0.6) is 5.75 Å². The van der Waals surface area contributed by atoms with Gasteiger partial charge in [0.05, 0.1) is 11.6 Å². The third-order valence-corrected chi connectivity index (χ3v) is 4.93. The van der Waals surface area contributed by atoms with Crippen LogP contribution in [0.25, 0.3) is 0 Å². The van der Waals surface area contributed by atoms with Gasteiger partial charge in [0.2, 0.25) is 0 Å². The number of hydrogen-bond acceptors (Lipinski definition) is 5. The molecule has 4 nitrogen and oxygen atoms in total. The molecule has 2 aliphatic rings. The van der Waals surface area contributed by atoms with E-state index in [-0.39, 0.29) is 5.25 Å². The highest BCUT2D eigenvalue weighted by Crippen LogP contribution is 2.39. The largest absolute Gasteiger partial charge is 0.861 e. The van der Waals surface area contributed by atoms with E-state index in [1.54, 1.807) is 0 Å². The molecule has 1 fully saturated rings. The van der Waals surface area contributed by atoms with Gasteiger partial charge in [-0.05, 0) is 59.2 Å². The Balaban J connectivity index is 1.79. The lowest BCUT2D eigenvalue weighted by atomic mass is 10.1. The van der Waals surface area contributed by atoms with Crippen LogP contribution < -0.4 is 9.84 Å². The Bertz CT molecular complexity index is 595. The Hall–Kier alpha value is -1.02. The molecule has 1 N–H and O–H groups in total. The van der Waals surface area contributed by atoms with Crippen LogP contribution in [0.4, 0.5) is 0 Å². The van der Waals surface area contributed by atoms with E-state index in [1.165, 1.54) is 11.8 Å². The summed E-state index contributed by atoms with van der Waals surface area (Å²) in [6.07, 6.45) is 0.561. The first-order valence-electron chi connectivity index (χ1n) is 5.76. The monoisotopic (exact) mass is 385 g/mol. The van der Waals surface area contributed by atoms with Gasteiger partial charge in [0.15, 0.2) is 0 Å². The normalized spacial score (nSPS) is 21.3. The molecule has 1 saturated heterocycles. The molecular formula is C13H10IN2O2S-. The van der Waals surface area contributed by atoms with E-state index in [0.717, 1.165) is 25.7 Å². The summed E-state index contributed by atoms with van der Waals surface area (Å²) in [4.78, 5) is 4.37. The second-order valence-electron chi connectivity index (χ2n) is 4.25. The summed E-state index contributed by atoms with van der Waals surface area (Å²) >= 11 is 3.62. The first kappa shape index (κ1) is 13.0. The van der Waals surface area contributed by atoms with Gasteiger partial charge in [0, 0.05) is 14.4 Å². The van der Waals surface area contributed by atoms with E-state index in [9.17, 15) is 5.11 Å². The maximum atomic E-state index is 11.1. The fourth-order valence-corrected chi connectivity index (χ4v) is 3.47. The number of rotatable bonds is 3. The zero-order valence-electron chi connectivity index (χ0n) is 9.85. The summed E-state index contributed by atoms with van der Waals surface area (Å²) in [5, 5.41) is 18.8. The van der Waals surface area contributed by atoms with Crippen molar-refractivity contribution in [2.24, 2.45) is 4.99 Å². The van der Waals surface area contributed by atoms with Gasteiger partial charge >= 0.3 is 0 Å². The molecule has 6 heteroatoms. The average Bonchev–Trinajstić information content (AvgIpc) is 2.94. The minimum atomic E-state index is -0.539. The smallest absolute Gasteiger partial charge is 0.131 e. The molecule has 0 radical (unpaired) electrons. The van der Waals surface area contributed by atoms with Crippen molar-refractivity contribution in [3.63, 3.8) is 0 Å². The standard InChI is InChI=1S/C13H11IN2O2S/c14-7-1-3-8(4-2-7)18-10-6-16-13-9(10)5-11(19-13)12(15)17/h1-4,11H,5-6H2,(H2,15,17)/p-1. The Morgan fingerprint density at radius 2 is 2.16 bits per heavy atom. The second kappa shape index (κ2) is 5.16. The number of hydrogen-bond donors (Lipinski definition) is 1. The fourth-order valence-electron chi connectivity index (χ4n) is 2.01. The molecule has 1 unspecified atom stereocenters. The van der Waals surface area contributed by atoms with Gasteiger partial charge in [-0.25, -0.2) is 0 Å². The number of fused-ring (bicyclic) bond motifs is 1. The van der Waals surface area contributed by atoms with Crippen LogP contribution in [0.1, 0.15) is 6.42 Å². The van der Waals surface area contributed by atoms with Gasteiger partial charge in [-0.2, -0.15) is 0 Å². The quantitative estimate of drug-likeness (QED) is 0.493. The SMILES string of the molecule is N=C([O-])C1CC2=C(Oc3ccc(I)cc3)CN=C2S1. The summed E-state index contributed by atoms with van der Waals surface area (Å²) in [6, 6.07) is 7.81. The van der Waals surface area contributed by atoms with Crippen molar-refractivity contribution in [1.82, 2.24) is 0 Å². The summed E-state index contributed by atoms with van der Waals surface area (Å²) in [7, 11) is 0. The number of nitrogens with zero attached hydrogens (tertiary/aromatic N) is 1. The summed E-state index contributed by atoms with van der Waals surface area (Å²) in [6.45, 7) is 0.530. The van der Waals surface area contributed by atoms with Gasteiger partial charge in [0.1, 0.15) is 11.5 Å². The highest BCUT2D eigenvalue weighted by Gasteiger charge is 2.33. The highest BCUT2D eigenvalue weighted by atomic mass is 127. The molecule has 3 rings (SSSR count). The molecule has 0 spiro atoms. The minimum Gasteiger partial charge on any atom is -0.861 e. The van der Waals surface area contributed by atoms with Crippen LogP contribution in [0.3, 0.4) is 0 Å². The zero-order valence-corrected chi connectivity index (χ0v) is 12.8. The van der Waals surface area contributed by atoms with Gasteiger partial charge in [-0.3, -0.25) is 4.99 Å². The van der Waals surface area contributed by atoms with E-state index in [1.807, 2.05) is 24.3 Å². The Kier molecular flexibility index (Phi) is 3.53. The van der Waals surface area contributed by atoms with E-state index in [2.05, 4.69) is 27.6 Å². The van der Waals surface area contributed by atoms with Crippen LogP contribution in [0.2, 0.25) is 0 Å². The highest BCUT2D eigenvalue weighted by molar-refractivity contribution is 14.1. The van der Waals surface area contributed by atoms with Crippen LogP contribution in [0, 0.1) is 8.98 Å². The van der Waals surface area contributed by atoms with Crippen LogP contribution >= 0.6 is 34.4 Å². The number of halogens is 1.